The summed E-state index contributed by atoms with van der Waals surface area (Å²) >= 11 is 5.99. The number of hydrogen-bond donors (Lipinski definition) is 0. The molecule has 2 rings (SSSR count). The fourth-order valence-electron chi connectivity index (χ4n) is 3.33. The van der Waals surface area contributed by atoms with Gasteiger partial charge in [0, 0.05) is 24.9 Å². The number of hydrogen-bond acceptors (Lipinski definition) is 2. The number of aromatic nitrogens is 4. The van der Waals surface area contributed by atoms with Gasteiger partial charge >= 0.3 is 0 Å². The molecule has 1 atom stereocenters. The molecule has 0 spiro atoms. The van der Waals surface area contributed by atoms with E-state index in [1.165, 1.54) is 12.8 Å². The zero-order valence-corrected chi connectivity index (χ0v) is 14.6. The molecule has 5 heteroatoms. The lowest BCUT2D eigenvalue weighted by molar-refractivity contribution is 0.329. The molecule has 0 bridgehead atoms. The third kappa shape index (κ3) is 2.83. The van der Waals surface area contributed by atoms with Crippen LogP contribution in [-0.4, -0.2) is 25.2 Å². The highest BCUT2D eigenvalue weighted by molar-refractivity contribution is 6.17. The van der Waals surface area contributed by atoms with Crippen molar-refractivity contribution in [2.45, 2.75) is 66.5 Å². The third-order valence-corrected chi connectivity index (χ3v) is 4.76. The minimum Gasteiger partial charge on any atom is -0.310 e. The molecule has 0 aliphatic carbocycles. The number of nitrogens with zero attached hydrogens (tertiary/aromatic N) is 4. The topological polar surface area (TPSA) is 35.6 Å². The number of halogens is 1. The molecular formula is C16H27ClN4. The van der Waals surface area contributed by atoms with Gasteiger partial charge in [0.1, 0.15) is 11.3 Å². The molecule has 0 aliphatic heterocycles. The van der Waals surface area contributed by atoms with Crippen molar-refractivity contribution in [3.63, 3.8) is 0 Å². The first-order chi connectivity index (χ1) is 10.1. The average molecular weight is 311 g/mol. The van der Waals surface area contributed by atoms with Crippen LogP contribution in [0.15, 0.2) is 0 Å². The van der Waals surface area contributed by atoms with E-state index in [1.54, 1.807) is 0 Å². The van der Waals surface area contributed by atoms with E-state index in [-0.39, 0.29) is 0 Å². The summed E-state index contributed by atoms with van der Waals surface area (Å²) in [6, 6.07) is 0.421. The van der Waals surface area contributed by atoms with Crippen LogP contribution in [0.2, 0.25) is 0 Å². The van der Waals surface area contributed by atoms with Crippen molar-refractivity contribution in [2.24, 2.45) is 5.92 Å². The van der Waals surface area contributed by atoms with E-state index in [2.05, 4.69) is 42.0 Å². The highest BCUT2D eigenvalue weighted by Crippen LogP contribution is 2.31. The first kappa shape index (κ1) is 16.3. The second-order valence-corrected chi connectivity index (χ2v) is 6.11. The van der Waals surface area contributed by atoms with Crippen molar-refractivity contribution in [3.05, 3.63) is 11.5 Å². The van der Waals surface area contributed by atoms with E-state index in [4.69, 9.17) is 16.6 Å². The molecule has 0 saturated carbocycles. The lowest BCUT2D eigenvalue weighted by atomic mass is 9.95. The van der Waals surface area contributed by atoms with Gasteiger partial charge < -0.3 is 4.57 Å². The van der Waals surface area contributed by atoms with Gasteiger partial charge in [0.2, 0.25) is 0 Å². The molecule has 0 aliphatic rings. The van der Waals surface area contributed by atoms with Crippen LogP contribution in [-0.2, 0) is 13.0 Å². The average Bonchev–Trinajstić information content (AvgIpc) is 2.98. The fourth-order valence-corrected chi connectivity index (χ4v) is 3.49. The maximum atomic E-state index is 5.99. The smallest absolute Gasteiger partial charge is 0.159 e. The summed E-state index contributed by atoms with van der Waals surface area (Å²) < 4.78 is 4.47. The molecule has 21 heavy (non-hydrogen) atoms. The molecule has 0 fully saturated rings. The quantitative estimate of drug-likeness (QED) is 0.713. The van der Waals surface area contributed by atoms with Crippen molar-refractivity contribution in [1.29, 1.82) is 0 Å². The van der Waals surface area contributed by atoms with Crippen molar-refractivity contribution >= 4 is 22.8 Å². The predicted octanol–water partition coefficient (Wildman–Crippen LogP) is 4.34. The maximum Gasteiger partial charge on any atom is 0.159 e. The standard InChI is InChI=1S/C16H27ClN4/c1-6-13(7-2)12(5)21-14(9-10-17)18-15-11(4)19-20(8-3)16(15)21/h12-13H,6-10H2,1-5H3. The van der Waals surface area contributed by atoms with Crippen molar-refractivity contribution in [3.8, 4) is 0 Å². The van der Waals surface area contributed by atoms with E-state index >= 15 is 0 Å². The van der Waals surface area contributed by atoms with Crippen LogP contribution in [0.1, 0.15) is 58.1 Å². The molecule has 0 aromatic carbocycles. The second kappa shape index (κ2) is 6.82. The van der Waals surface area contributed by atoms with Gasteiger partial charge in [-0.3, -0.25) is 0 Å². The Kier molecular flexibility index (Phi) is 5.31. The summed E-state index contributed by atoms with van der Waals surface area (Å²) in [5.41, 5.74) is 3.21. The van der Waals surface area contributed by atoms with Crippen LogP contribution in [0.4, 0.5) is 0 Å². The summed E-state index contributed by atoms with van der Waals surface area (Å²) in [5, 5.41) is 4.62. The Morgan fingerprint density at radius 3 is 2.38 bits per heavy atom. The largest absolute Gasteiger partial charge is 0.310 e. The van der Waals surface area contributed by atoms with Gasteiger partial charge in [-0.05, 0) is 26.7 Å². The zero-order valence-electron chi connectivity index (χ0n) is 13.9. The number of fused-ring (bicyclic) bond motifs is 1. The Balaban J connectivity index is 2.64. The summed E-state index contributed by atoms with van der Waals surface area (Å²) in [6.45, 7) is 11.9. The van der Waals surface area contributed by atoms with E-state index in [0.29, 0.717) is 17.8 Å². The highest BCUT2D eigenvalue weighted by atomic mass is 35.5. The summed E-state index contributed by atoms with van der Waals surface area (Å²) in [6.07, 6.45) is 3.16. The van der Waals surface area contributed by atoms with Gasteiger partial charge in [0.25, 0.3) is 0 Å². The first-order valence-electron chi connectivity index (χ1n) is 8.09. The molecule has 118 valence electrons. The number of imidazole rings is 1. The van der Waals surface area contributed by atoms with E-state index in [9.17, 15) is 0 Å². The molecule has 0 amide bonds. The molecule has 2 aromatic heterocycles. The van der Waals surface area contributed by atoms with Crippen LogP contribution >= 0.6 is 11.6 Å². The van der Waals surface area contributed by atoms with Gasteiger partial charge in [-0.25, -0.2) is 9.67 Å². The van der Waals surface area contributed by atoms with E-state index in [0.717, 1.165) is 35.6 Å². The fraction of sp³-hybridized carbons (Fsp3) is 0.750. The van der Waals surface area contributed by atoms with E-state index in [1.807, 2.05) is 6.92 Å². The summed E-state index contributed by atoms with van der Waals surface area (Å²) in [5.74, 6) is 2.35. The van der Waals surface area contributed by atoms with Crippen molar-refractivity contribution in [1.82, 2.24) is 19.3 Å². The van der Waals surface area contributed by atoms with Gasteiger partial charge in [-0.1, -0.05) is 26.7 Å². The maximum absolute atomic E-state index is 5.99. The van der Waals surface area contributed by atoms with Gasteiger partial charge in [-0.2, -0.15) is 5.10 Å². The first-order valence-corrected chi connectivity index (χ1v) is 8.62. The van der Waals surface area contributed by atoms with Gasteiger partial charge in [0.05, 0.1) is 5.69 Å². The predicted molar refractivity (Wildman–Crippen MR) is 89.1 cm³/mol. The molecule has 0 N–H and O–H groups in total. The monoisotopic (exact) mass is 310 g/mol. The van der Waals surface area contributed by atoms with Crippen molar-refractivity contribution in [2.75, 3.05) is 5.88 Å². The lowest BCUT2D eigenvalue weighted by Gasteiger charge is -2.25. The summed E-state index contributed by atoms with van der Waals surface area (Å²) in [7, 11) is 0. The van der Waals surface area contributed by atoms with Crippen LogP contribution in [0, 0.1) is 12.8 Å². The summed E-state index contributed by atoms with van der Waals surface area (Å²) in [4.78, 5) is 4.84. The Morgan fingerprint density at radius 2 is 1.86 bits per heavy atom. The lowest BCUT2D eigenvalue weighted by Crippen LogP contribution is -2.20. The van der Waals surface area contributed by atoms with Crippen LogP contribution in [0.25, 0.3) is 11.2 Å². The Hall–Kier alpha value is -1.03. The zero-order chi connectivity index (χ0) is 15.6. The normalized spacial score (nSPS) is 13.5. The Morgan fingerprint density at radius 1 is 1.19 bits per heavy atom. The Labute approximate surface area is 132 Å². The number of rotatable bonds is 7. The van der Waals surface area contributed by atoms with Crippen LogP contribution in [0.5, 0.6) is 0 Å². The second-order valence-electron chi connectivity index (χ2n) is 5.73. The van der Waals surface area contributed by atoms with Crippen LogP contribution < -0.4 is 0 Å². The molecule has 0 saturated heterocycles. The van der Waals surface area contributed by atoms with E-state index < -0.39 is 0 Å². The molecule has 4 nitrogen and oxygen atoms in total. The minimum atomic E-state index is 0.421. The third-order valence-electron chi connectivity index (χ3n) is 4.57. The molecular weight excluding hydrogens is 284 g/mol. The van der Waals surface area contributed by atoms with Crippen molar-refractivity contribution < 1.29 is 0 Å². The number of alkyl halides is 1. The molecule has 2 aromatic rings. The molecule has 2 heterocycles. The van der Waals surface area contributed by atoms with Crippen LogP contribution in [0.3, 0.4) is 0 Å². The van der Waals surface area contributed by atoms with Gasteiger partial charge in [0.15, 0.2) is 5.65 Å². The minimum absolute atomic E-state index is 0.421. The SMILES string of the molecule is CCC(CC)C(C)n1c(CCCl)nc2c(C)nn(CC)c21. The van der Waals surface area contributed by atoms with Gasteiger partial charge in [-0.15, -0.1) is 11.6 Å². The highest BCUT2D eigenvalue weighted by Gasteiger charge is 2.24. The number of aryl methyl sites for hydroxylation is 3. The molecule has 0 radical (unpaired) electrons. The Bertz CT molecular complexity index is 595. The molecule has 1 unspecified atom stereocenters.